The number of nitrogens with zero attached hydrogens (tertiary/aromatic N) is 2. The van der Waals surface area contributed by atoms with E-state index in [1.165, 1.54) is 18.2 Å². The first kappa shape index (κ1) is 16.2. The molecular weight excluding hydrogens is 326 g/mol. The third kappa shape index (κ3) is 3.74. The second-order valence-corrected chi connectivity index (χ2v) is 4.75. The zero-order chi connectivity index (χ0) is 17.0. The summed E-state index contributed by atoms with van der Waals surface area (Å²) >= 11 is 5.70. The first-order valence-corrected chi connectivity index (χ1v) is 6.54. The molecule has 9 heteroatoms. The normalized spacial score (nSPS) is 10.7. The number of aromatic hydroxyl groups is 1. The van der Waals surface area contributed by atoms with Crippen LogP contribution in [0.25, 0.3) is 0 Å². The van der Waals surface area contributed by atoms with Crippen LogP contribution in [0.3, 0.4) is 0 Å². The van der Waals surface area contributed by atoms with E-state index in [1.54, 1.807) is 12.1 Å². The van der Waals surface area contributed by atoms with Crippen molar-refractivity contribution in [2.45, 2.75) is 0 Å². The molecule has 0 aliphatic rings. The minimum Gasteiger partial charge on any atom is -0.867 e. The fourth-order valence-corrected chi connectivity index (χ4v) is 1.94. The molecular formula is C14H9ClN3O5-. The van der Waals surface area contributed by atoms with Gasteiger partial charge in [0.05, 0.1) is 16.7 Å². The molecule has 0 spiro atoms. The van der Waals surface area contributed by atoms with Gasteiger partial charge in [0.15, 0.2) is 0 Å². The maximum absolute atomic E-state index is 11.8. The highest BCUT2D eigenvalue weighted by atomic mass is 35.5. The molecule has 0 radical (unpaired) electrons. The molecule has 2 rings (SSSR count). The molecule has 0 aliphatic heterocycles. The number of hydrazone groups is 1. The Morgan fingerprint density at radius 3 is 2.70 bits per heavy atom. The molecule has 1 amide bonds. The molecule has 0 aliphatic carbocycles. The molecule has 118 valence electrons. The molecule has 0 saturated heterocycles. The topological polar surface area (TPSA) is 128 Å². The maximum Gasteiger partial charge on any atom is 0.275 e. The van der Waals surface area contributed by atoms with E-state index in [0.29, 0.717) is 0 Å². The number of amides is 1. The highest BCUT2D eigenvalue weighted by molar-refractivity contribution is 6.31. The summed E-state index contributed by atoms with van der Waals surface area (Å²) < 4.78 is 0. The molecule has 0 unspecified atom stereocenters. The number of benzene rings is 2. The van der Waals surface area contributed by atoms with Crippen LogP contribution in [0.5, 0.6) is 11.5 Å². The van der Waals surface area contributed by atoms with E-state index in [4.69, 9.17) is 11.6 Å². The van der Waals surface area contributed by atoms with Gasteiger partial charge < -0.3 is 10.2 Å². The Balaban J connectivity index is 2.20. The van der Waals surface area contributed by atoms with Gasteiger partial charge in [-0.05, 0) is 29.5 Å². The van der Waals surface area contributed by atoms with Crippen molar-refractivity contribution in [2.75, 3.05) is 0 Å². The van der Waals surface area contributed by atoms with E-state index >= 15 is 0 Å². The van der Waals surface area contributed by atoms with Gasteiger partial charge in [0.1, 0.15) is 5.75 Å². The van der Waals surface area contributed by atoms with Gasteiger partial charge >= 0.3 is 0 Å². The second-order valence-electron chi connectivity index (χ2n) is 4.32. The van der Waals surface area contributed by atoms with Gasteiger partial charge in [-0.3, -0.25) is 14.9 Å². The van der Waals surface area contributed by atoms with Crippen molar-refractivity contribution in [2.24, 2.45) is 5.10 Å². The number of nitro benzene ring substituents is 1. The van der Waals surface area contributed by atoms with Gasteiger partial charge in [-0.15, -0.1) is 0 Å². The number of halogens is 1. The number of carbonyl (C=O) groups is 1. The molecule has 2 aromatic rings. The van der Waals surface area contributed by atoms with Crippen LogP contribution in [-0.2, 0) is 0 Å². The Morgan fingerprint density at radius 1 is 1.35 bits per heavy atom. The van der Waals surface area contributed by atoms with E-state index in [9.17, 15) is 25.1 Å². The lowest BCUT2D eigenvalue weighted by Crippen LogP contribution is -2.17. The van der Waals surface area contributed by atoms with Gasteiger partial charge in [0, 0.05) is 11.1 Å². The zero-order valence-electron chi connectivity index (χ0n) is 11.4. The first-order valence-electron chi connectivity index (χ1n) is 6.16. The van der Waals surface area contributed by atoms with Crippen LogP contribution in [0.15, 0.2) is 41.5 Å². The Morgan fingerprint density at radius 2 is 2.04 bits per heavy atom. The third-order valence-electron chi connectivity index (χ3n) is 2.78. The van der Waals surface area contributed by atoms with Crippen LogP contribution in [0.2, 0.25) is 5.02 Å². The van der Waals surface area contributed by atoms with Crippen LogP contribution < -0.4 is 10.5 Å². The average Bonchev–Trinajstić information content (AvgIpc) is 2.50. The number of hydrogen-bond donors (Lipinski definition) is 2. The standard InChI is InChI=1S/C14H10ClN3O5/c15-9-5-8(13(20)11(6-9)18(22)23)7-16-17-14(21)10-3-1-2-4-12(10)19/h1-7,19-20H,(H,17,21)/p-1/b16-7+. The number of phenolic OH excluding ortho intramolecular Hbond substituents is 1. The van der Waals surface area contributed by atoms with Gasteiger partial charge in [-0.25, -0.2) is 5.43 Å². The summed E-state index contributed by atoms with van der Waals surface area (Å²) in [5.74, 6) is -1.81. The molecule has 0 bridgehead atoms. The summed E-state index contributed by atoms with van der Waals surface area (Å²) in [7, 11) is 0. The molecule has 2 N–H and O–H groups in total. The lowest BCUT2D eigenvalue weighted by atomic mass is 10.2. The molecule has 8 nitrogen and oxygen atoms in total. The number of hydrogen-bond acceptors (Lipinski definition) is 6. The van der Waals surface area contributed by atoms with E-state index in [0.717, 1.165) is 12.3 Å². The van der Waals surface area contributed by atoms with Crippen molar-refractivity contribution in [3.8, 4) is 11.5 Å². The number of nitro groups is 1. The second kappa shape index (κ2) is 6.75. The van der Waals surface area contributed by atoms with Crippen LogP contribution in [0, 0.1) is 10.1 Å². The minimum atomic E-state index is -0.875. The first-order chi connectivity index (χ1) is 10.9. The van der Waals surface area contributed by atoms with Crippen molar-refractivity contribution in [3.63, 3.8) is 0 Å². The van der Waals surface area contributed by atoms with Crippen LogP contribution in [-0.4, -0.2) is 22.2 Å². The Bertz CT molecular complexity index is 807. The number of rotatable bonds is 4. The highest BCUT2D eigenvalue weighted by Gasteiger charge is 2.12. The number of phenols is 1. The van der Waals surface area contributed by atoms with E-state index < -0.39 is 22.3 Å². The van der Waals surface area contributed by atoms with Crippen LogP contribution in [0.4, 0.5) is 5.69 Å². The Hall–Kier alpha value is -3.13. The number of nitrogens with one attached hydrogen (secondary N) is 1. The van der Waals surface area contributed by atoms with Gasteiger partial charge in [-0.1, -0.05) is 23.7 Å². The minimum absolute atomic E-state index is 0.00946. The summed E-state index contributed by atoms with van der Waals surface area (Å²) in [4.78, 5) is 21.7. The van der Waals surface area contributed by atoms with Crippen molar-refractivity contribution in [1.29, 1.82) is 0 Å². The molecule has 0 heterocycles. The quantitative estimate of drug-likeness (QED) is 0.500. The summed E-state index contributed by atoms with van der Waals surface area (Å²) in [6.07, 6.45) is 0.944. The molecule has 0 atom stereocenters. The summed E-state index contributed by atoms with van der Waals surface area (Å²) in [5, 5.41) is 35.6. The lowest BCUT2D eigenvalue weighted by molar-refractivity contribution is -0.398. The number of para-hydroxylation sites is 1. The van der Waals surface area contributed by atoms with Gasteiger partial charge in [0.2, 0.25) is 0 Å². The molecule has 0 fully saturated rings. The third-order valence-corrected chi connectivity index (χ3v) is 3.00. The zero-order valence-corrected chi connectivity index (χ0v) is 12.1. The van der Waals surface area contributed by atoms with E-state index in [2.05, 4.69) is 10.5 Å². The van der Waals surface area contributed by atoms with E-state index in [1.807, 2.05) is 0 Å². The van der Waals surface area contributed by atoms with Crippen molar-refractivity contribution in [1.82, 2.24) is 5.43 Å². The highest BCUT2D eigenvalue weighted by Crippen LogP contribution is 2.29. The monoisotopic (exact) mass is 334 g/mol. The molecule has 0 aromatic heterocycles. The predicted octanol–water partition coefficient (Wildman–Crippen LogP) is 1.79. The lowest BCUT2D eigenvalue weighted by Gasteiger charge is -2.10. The van der Waals surface area contributed by atoms with Crippen molar-refractivity contribution < 1.29 is 19.9 Å². The van der Waals surface area contributed by atoms with Crippen LogP contribution in [0.1, 0.15) is 15.9 Å². The van der Waals surface area contributed by atoms with Gasteiger partial charge in [-0.2, -0.15) is 5.10 Å². The number of carbonyl (C=O) groups excluding carboxylic acids is 1. The summed E-state index contributed by atoms with van der Waals surface area (Å²) in [6, 6.07) is 7.92. The van der Waals surface area contributed by atoms with E-state index in [-0.39, 0.29) is 21.9 Å². The van der Waals surface area contributed by atoms with Crippen LogP contribution >= 0.6 is 11.6 Å². The Labute approximate surface area is 134 Å². The van der Waals surface area contributed by atoms with Crippen molar-refractivity contribution >= 4 is 29.4 Å². The average molecular weight is 335 g/mol. The largest absolute Gasteiger partial charge is 0.867 e. The molecule has 23 heavy (non-hydrogen) atoms. The fraction of sp³-hybridized carbons (Fsp3) is 0. The SMILES string of the molecule is O=C(N/N=C/c1cc(Cl)cc([N+](=O)[O-])c1[O-])c1ccccc1O. The fourth-order valence-electron chi connectivity index (χ4n) is 1.72. The molecule has 0 saturated carbocycles. The Kier molecular flexibility index (Phi) is 4.77. The van der Waals surface area contributed by atoms with Gasteiger partial charge in [0.25, 0.3) is 11.6 Å². The van der Waals surface area contributed by atoms with Crippen molar-refractivity contribution in [3.05, 3.63) is 62.7 Å². The molecule has 2 aromatic carbocycles. The maximum atomic E-state index is 11.8. The smallest absolute Gasteiger partial charge is 0.275 e. The predicted molar refractivity (Wildman–Crippen MR) is 80.7 cm³/mol. The summed E-state index contributed by atoms with van der Waals surface area (Å²) in [6.45, 7) is 0. The summed E-state index contributed by atoms with van der Waals surface area (Å²) in [5.41, 5.74) is 1.25.